The molecule has 1 aliphatic rings. The van der Waals surface area contributed by atoms with Gasteiger partial charge in [-0.2, -0.15) is 4.31 Å². The number of benzene rings is 1. The number of primary amides is 1. The predicted octanol–water partition coefficient (Wildman–Crippen LogP) is 0.174. The van der Waals surface area contributed by atoms with E-state index in [2.05, 4.69) is 0 Å². The fraction of sp³-hybridized carbons (Fsp3) is 0.462. The van der Waals surface area contributed by atoms with Crippen molar-refractivity contribution >= 4 is 15.9 Å². The lowest BCUT2D eigenvalue weighted by Crippen LogP contribution is -2.50. The topological polar surface area (TPSA) is 106 Å². The highest BCUT2D eigenvalue weighted by atomic mass is 32.2. The van der Waals surface area contributed by atoms with Gasteiger partial charge in [-0.1, -0.05) is 18.6 Å². The van der Waals surface area contributed by atoms with Crippen LogP contribution < -0.4 is 11.5 Å². The number of amides is 1. The molecule has 0 aromatic heterocycles. The zero-order chi connectivity index (χ0) is 14.8. The summed E-state index contributed by atoms with van der Waals surface area (Å²) >= 11 is 0. The summed E-state index contributed by atoms with van der Waals surface area (Å²) in [5.74, 6) is -0.591. The van der Waals surface area contributed by atoms with Crippen LogP contribution in [0.4, 0.5) is 0 Å². The van der Waals surface area contributed by atoms with Crippen molar-refractivity contribution in [3.05, 3.63) is 29.8 Å². The van der Waals surface area contributed by atoms with E-state index in [9.17, 15) is 13.2 Å². The zero-order valence-electron chi connectivity index (χ0n) is 11.2. The van der Waals surface area contributed by atoms with E-state index in [4.69, 9.17) is 11.5 Å². The van der Waals surface area contributed by atoms with Gasteiger partial charge in [-0.3, -0.25) is 4.79 Å². The smallest absolute Gasteiger partial charge is 0.243 e. The second-order valence-corrected chi connectivity index (χ2v) is 6.77. The Balaban J connectivity index is 2.34. The Morgan fingerprint density at radius 3 is 2.45 bits per heavy atom. The quantitative estimate of drug-likeness (QED) is 0.826. The maximum Gasteiger partial charge on any atom is 0.243 e. The molecule has 1 amide bonds. The van der Waals surface area contributed by atoms with Crippen LogP contribution in [0.15, 0.2) is 29.2 Å². The highest BCUT2D eigenvalue weighted by molar-refractivity contribution is 7.89. The van der Waals surface area contributed by atoms with Crippen LogP contribution in [-0.2, 0) is 21.4 Å². The molecule has 1 unspecified atom stereocenters. The number of rotatable bonds is 4. The first-order valence-electron chi connectivity index (χ1n) is 6.57. The maximum atomic E-state index is 12.6. The largest absolute Gasteiger partial charge is 0.368 e. The van der Waals surface area contributed by atoms with Gasteiger partial charge < -0.3 is 11.5 Å². The molecule has 1 saturated heterocycles. The fourth-order valence-corrected chi connectivity index (χ4v) is 4.07. The molecule has 0 spiro atoms. The summed E-state index contributed by atoms with van der Waals surface area (Å²) in [6, 6.07) is 5.64. The second kappa shape index (κ2) is 5.90. The highest BCUT2D eigenvalue weighted by Gasteiger charge is 2.36. The molecule has 2 rings (SSSR count). The molecule has 1 aromatic carbocycles. The Kier molecular flexibility index (Phi) is 4.42. The van der Waals surface area contributed by atoms with Gasteiger partial charge in [0.2, 0.25) is 15.9 Å². The Bertz CT molecular complexity index is 583. The van der Waals surface area contributed by atoms with Crippen molar-refractivity contribution in [1.82, 2.24) is 4.31 Å². The van der Waals surface area contributed by atoms with Crippen LogP contribution in [0.1, 0.15) is 24.8 Å². The average molecular weight is 297 g/mol. The number of carbonyl (C=O) groups excluding carboxylic acids is 1. The van der Waals surface area contributed by atoms with Gasteiger partial charge in [0.25, 0.3) is 0 Å². The van der Waals surface area contributed by atoms with E-state index in [-0.39, 0.29) is 4.90 Å². The minimum Gasteiger partial charge on any atom is -0.368 e. The number of sulfonamides is 1. The summed E-state index contributed by atoms with van der Waals surface area (Å²) < 4.78 is 26.4. The minimum atomic E-state index is -3.69. The molecular weight excluding hydrogens is 278 g/mol. The minimum absolute atomic E-state index is 0.169. The van der Waals surface area contributed by atoms with Crippen LogP contribution >= 0.6 is 0 Å². The van der Waals surface area contributed by atoms with E-state index >= 15 is 0 Å². The van der Waals surface area contributed by atoms with E-state index < -0.39 is 22.0 Å². The number of piperidine rings is 1. The molecule has 6 nitrogen and oxygen atoms in total. The first-order valence-corrected chi connectivity index (χ1v) is 8.01. The van der Waals surface area contributed by atoms with E-state index in [1.165, 1.54) is 16.4 Å². The number of nitrogens with zero attached hydrogens (tertiary/aromatic N) is 1. The SMILES string of the molecule is NCc1ccc(S(=O)(=O)N2CCCCC2C(N)=O)cc1. The van der Waals surface area contributed by atoms with Crippen molar-refractivity contribution in [1.29, 1.82) is 0 Å². The summed E-state index contributed by atoms with van der Waals surface area (Å²) in [5.41, 5.74) is 11.7. The van der Waals surface area contributed by atoms with Gasteiger partial charge in [-0.15, -0.1) is 0 Å². The summed E-state index contributed by atoms with van der Waals surface area (Å²) in [5, 5.41) is 0. The summed E-state index contributed by atoms with van der Waals surface area (Å²) in [7, 11) is -3.69. The second-order valence-electron chi connectivity index (χ2n) is 4.88. The van der Waals surface area contributed by atoms with Crippen LogP contribution in [-0.4, -0.2) is 31.2 Å². The number of hydrogen-bond donors (Lipinski definition) is 2. The first-order chi connectivity index (χ1) is 9.46. The van der Waals surface area contributed by atoms with Gasteiger partial charge in [-0.05, 0) is 30.5 Å². The first kappa shape index (κ1) is 15.0. The molecule has 1 aliphatic heterocycles. The third-order valence-electron chi connectivity index (χ3n) is 3.55. The van der Waals surface area contributed by atoms with Gasteiger partial charge in [0.15, 0.2) is 0 Å². The van der Waals surface area contributed by atoms with E-state index in [0.717, 1.165) is 18.4 Å². The third kappa shape index (κ3) is 2.84. The van der Waals surface area contributed by atoms with Crippen LogP contribution in [0.2, 0.25) is 0 Å². The molecule has 110 valence electrons. The molecule has 0 bridgehead atoms. The van der Waals surface area contributed by atoms with Crippen LogP contribution in [0, 0.1) is 0 Å². The normalized spacial score (nSPS) is 20.8. The van der Waals surface area contributed by atoms with Gasteiger partial charge in [0.05, 0.1) is 4.90 Å². The van der Waals surface area contributed by atoms with Crippen LogP contribution in [0.3, 0.4) is 0 Å². The van der Waals surface area contributed by atoms with Gasteiger partial charge >= 0.3 is 0 Å². The molecule has 0 saturated carbocycles. The Morgan fingerprint density at radius 2 is 1.90 bits per heavy atom. The predicted molar refractivity (Wildman–Crippen MR) is 75.1 cm³/mol. The summed E-state index contributed by atoms with van der Waals surface area (Å²) in [6.07, 6.45) is 2.03. The highest BCUT2D eigenvalue weighted by Crippen LogP contribution is 2.25. The standard InChI is InChI=1S/C13H19N3O3S/c14-9-10-4-6-11(7-5-10)20(18,19)16-8-2-1-3-12(16)13(15)17/h4-7,12H,1-3,8-9,14H2,(H2,15,17). The number of nitrogens with two attached hydrogens (primary N) is 2. The Labute approximate surface area is 118 Å². The monoisotopic (exact) mass is 297 g/mol. The van der Waals surface area contributed by atoms with Gasteiger partial charge in [0, 0.05) is 13.1 Å². The average Bonchev–Trinajstić information content (AvgIpc) is 2.47. The van der Waals surface area contributed by atoms with Crippen molar-refractivity contribution in [2.75, 3.05) is 6.54 Å². The van der Waals surface area contributed by atoms with Crippen molar-refractivity contribution < 1.29 is 13.2 Å². The van der Waals surface area contributed by atoms with Crippen LogP contribution in [0.5, 0.6) is 0 Å². The van der Waals surface area contributed by atoms with Gasteiger partial charge in [0.1, 0.15) is 6.04 Å². The van der Waals surface area contributed by atoms with Gasteiger partial charge in [-0.25, -0.2) is 8.42 Å². The third-order valence-corrected chi connectivity index (χ3v) is 5.47. The lowest BCUT2D eigenvalue weighted by Gasteiger charge is -2.32. The Morgan fingerprint density at radius 1 is 1.25 bits per heavy atom. The molecule has 0 aliphatic carbocycles. The van der Waals surface area contributed by atoms with Crippen molar-refractivity contribution in [2.24, 2.45) is 11.5 Å². The van der Waals surface area contributed by atoms with E-state index in [1.54, 1.807) is 12.1 Å². The maximum absolute atomic E-state index is 12.6. The number of carbonyl (C=O) groups is 1. The molecule has 1 fully saturated rings. The summed E-state index contributed by atoms with van der Waals surface area (Å²) in [4.78, 5) is 11.6. The molecule has 20 heavy (non-hydrogen) atoms. The zero-order valence-corrected chi connectivity index (χ0v) is 12.0. The van der Waals surface area contributed by atoms with Crippen molar-refractivity contribution in [3.8, 4) is 0 Å². The van der Waals surface area contributed by atoms with E-state index in [1.807, 2.05) is 0 Å². The Hall–Kier alpha value is -1.44. The molecule has 4 N–H and O–H groups in total. The molecular formula is C13H19N3O3S. The molecule has 1 aromatic rings. The van der Waals surface area contributed by atoms with Crippen molar-refractivity contribution in [3.63, 3.8) is 0 Å². The fourth-order valence-electron chi connectivity index (χ4n) is 2.41. The lowest BCUT2D eigenvalue weighted by molar-refractivity contribution is -0.122. The molecule has 7 heteroatoms. The molecule has 1 atom stereocenters. The molecule has 1 heterocycles. The number of hydrogen-bond acceptors (Lipinski definition) is 4. The molecule has 0 radical (unpaired) electrons. The summed E-state index contributed by atoms with van der Waals surface area (Å²) in [6.45, 7) is 0.683. The van der Waals surface area contributed by atoms with E-state index in [0.29, 0.717) is 19.5 Å². The van der Waals surface area contributed by atoms with Crippen LogP contribution in [0.25, 0.3) is 0 Å². The lowest BCUT2D eigenvalue weighted by atomic mass is 10.0. The van der Waals surface area contributed by atoms with Crippen molar-refractivity contribution in [2.45, 2.75) is 36.7 Å².